The highest BCUT2D eigenvalue weighted by Crippen LogP contribution is 2.75. The van der Waals surface area contributed by atoms with E-state index in [2.05, 4.69) is 41.5 Å². The molecule has 9 N–H and O–H groups in total. The fourth-order valence-electron chi connectivity index (χ4n) is 24.5. The standard InChI is InChI=1S/3C23H34O4/c3*1-20-8-5-17(24)13-15(20)3-4-19-18(20)6-9-21(2)22(25,10-11-23(19,21)26)16-7-12-27-14-16/h3*7,12,14-15,17-19,24-26H,3-6,8-11,13H2,1-2H3/t3*15-,17+,18+,19-,20+,21-,22+,23+/m111/s1. The lowest BCUT2D eigenvalue weighted by atomic mass is 9.43. The minimum atomic E-state index is -1.01. The van der Waals surface area contributed by atoms with Crippen LogP contribution in [0.15, 0.2) is 69.0 Å². The van der Waals surface area contributed by atoms with Gasteiger partial charge in [-0.2, -0.15) is 0 Å². The molecule has 3 heterocycles. The van der Waals surface area contributed by atoms with Crippen LogP contribution in [0.25, 0.3) is 0 Å². The van der Waals surface area contributed by atoms with E-state index in [1.165, 1.54) is 0 Å². The summed E-state index contributed by atoms with van der Waals surface area (Å²) in [6.45, 7) is 13.6. The van der Waals surface area contributed by atoms with E-state index in [-0.39, 0.29) is 52.3 Å². The summed E-state index contributed by atoms with van der Waals surface area (Å²) in [5, 5.41) is 102. The molecule has 12 aliphatic rings. The molecule has 81 heavy (non-hydrogen) atoms. The zero-order valence-corrected chi connectivity index (χ0v) is 50.0. The van der Waals surface area contributed by atoms with Crippen molar-refractivity contribution in [1.29, 1.82) is 0 Å². The molecule has 3 aromatic heterocycles. The molecule has 12 heteroatoms. The van der Waals surface area contributed by atoms with Crippen LogP contribution >= 0.6 is 0 Å². The van der Waals surface area contributed by atoms with Crippen molar-refractivity contribution in [2.45, 2.75) is 267 Å². The lowest BCUT2D eigenvalue weighted by molar-refractivity contribution is -0.238. The average molecular weight is 1120 g/mol. The van der Waals surface area contributed by atoms with Crippen LogP contribution in [0.5, 0.6) is 0 Å². The molecule has 12 saturated carbocycles. The van der Waals surface area contributed by atoms with Crippen molar-refractivity contribution >= 4 is 0 Å². The molecule has 0 saturated heterocycles. The van der Waals surface area contributed by atoms with E-state index in [1.54, 1.807) is 37.6 Å². The molecule has 3 aromatic rings. The van der Waals surface area contributed by atoms with E-state index in [0.29, 0.717) is 74.0 Å². The highest BCUT2D eigenvalue weighted by Gasteiger charge is 2.75. The zero-order chi connectivity index (χ0) is 57.2. The van der Waals surface area contributed by atoms with Crippen LogP contribution in [-0.2, 0) is 16.8 Å². The Morgan fingerprint density at radius 3 is 0.840 bits per heavy atom. The van der Waals surface area contributed by atoms with Crippen LogP contribution < -0.4 is 0 Å². The zero-order valence-electron chi connectivity index (χ0n) is 50.0. The second-order valence-electron chi connectivity index (χ2n) is 31.8. The third-order valence-corrected chi connectivity index (χ3v) is 29.9. The fraction of sp³-hybridized carbons (Fsp3) is 0.826. The first-order chi connectivity index (χ1) is 38.2. The highest BCUT2D eigenvalue weighted by atomic mass is 16.3. The van der Waals surface area contributed by atoms with Crippen LogP contribution in [0.4, 0.5) is 0 Å². The Morgan fingerprint density at radius 2 is 0.593 bits per heavy atom. The Labute approximate surface area is 482 Å². The molecule has 0 aliphatic heterocycles. The number of hydrogen-bond acceptors (Lipinski definition) is 12. The lowest BCUT2D eigenvalue weighted by Gasteiger charge is -2.64. The highest BCUT2D eigenvalue weighted by molar-refractivity contribution is 5.33. The van der Waals surface area contributed by atoms with E-state index in [0.717, 1.165) is 152 Å². The van der Waals surface area contributed by atoms with E-state index in [1.807, 2.05) is 18.2 Å². The fourth-order valence-corrected chi connectivity index (χ4v) is 24.5. The van der Waals surface area contributed by atoms with Crippen LogP contribution in [0, 0.1) is 85.8 Å². The lowest BCUT2D eigenvalue weighted by Crippen LogP contribution is -2.64. The Bertz CT molecular complexity index is 2440. The van der Waals surface area contributed by atoms with Crippen molar-refractivity contribution in [3.8, 4) is 0 Å². The number of furan rings is 3. The second-order valence-corrected chi connectivity index (χ2v) is 31.8. The summed E-state index contributed by atoms with van der Waals surface area (Å²) in [6.07, 6.45) is 33.9. The second kappa shape index (κ2) is 19.2. The maximum atomic E-state index is 12.1. The van der Waals surface area contributed by atoms with Crippen LogP contribution in [0.2, 0.25) is 0 Å². The average Bonchev–Trinajstić information content (AvgIpc) is 2.98. The Balaban J connectivity index is 0.000000114. The maximum Gasteiger partial charge on any atom is 0.101 e. The quantitative estimate of drug-likeness (QED) is 0.120. The summed E-state index contributed by atoms with van der Waals surface area (Å²) in [5.74, 6) is 3.94. The molecule has 12 nitrogen and oxygen atoms in total. The minimum Gasteiger partial charge on any atom is -0.472 e. The van der Waals surface area contributed by atoms with Crippen molar-refractivity contribution in [2.24, 2.45) is 85.8 Å². The largest absolute Gasteiger partial charge is 0.472 e. The number of aliphatic hydroxyl groups is 9. The van der Waals surface area contributed by atoms with E-state index in [9.17, 15) is 46.0 Å². The first-order valence-electron chi connectivity index (χ1n) is 32.7. The molecule has 0 spiro atoms. The van der Waals surface area contributed by atoms with Gasteiger partial charge in [-0.1, -0.05) is 41.5 Å². The third-order valence-electron chi connectivity index (χ3n) is 29.9. The number of rotatable bonds is 3. The first-order valence-corrected chi connectivity index (χ1v) is 32.7. The summed E-state index contributed by atoms with van der Waals surface area (Å²) < 4.78 is 15.9. The molecule has 12 aliphatic carbocycles. The minimum absolute atomic E-state index is 0.144. The molecular weight excluding hydrogens is 1020 g/mol. The van der Waals surface area contributed by atoms with Gasteiger partial charge in [0, 0.05) is 32.9 Å². The topological polar surface area (TPSA) is 221 Å². The maximum absolute atomic E-state index is 12.1. The molecule has 24 atom stereocenters. The van der Waals surface area contributed by atoms with Gasteiger partial charge in [0.1, 0.15) is 16.8 Å². The first kappa shape index (κ1) is 57.5. The van der Waals surface area contributed by atoms with Gasteiger partial charge in [-0.25, -0.2) is 0 Å². The van der Waals surface area contributed by atoms with Crippen molar-refractivity contribution in [3.63, 3.8) is 0 Å². The predicted octanol–water partition coefficient (Wildman–Crippen LogP) is 12.0. The molecule has 12 fully saturated rings. The van der Waals surface area contributed by atoms with Gasteiger partial charge in [-0.05, 0) is 261 Å². The molecule has 0 bridgehead atoms. The molecule has 15 rings (SSSR count). The monoisotopic (exact) mass is 1120 g/mol. The molecule has 0 radical (unpaired) electrons. The number of aliphatic hydroxyl groups excluding tert-OH is 3. The van der Waals surface area contributed by atoms with Gasteiger partial charge in [0.15, 0.2) is 0 Å². The van der Waals surface area contributed by atoms with E-state index < -0.39 is 49.9 Å². The van der Waals surface area contributed by atoms with Crippen molar-refractivity contribution < 1.29 is 59.2 Å². The normalized spacial score (nSPS) is 54.9. The van der Waals surface area contributed by atoms with Crippen molar-refractivity contribution in [3.05, 3.63) is 72.5 Å². The number of hydrogen-bond donors (Lipinski definition) is 9. The summed E-state index contributed by atoms with van der Waals surface area (Å²) in [5.41, 5.74) is -4.03. The summed E-state index contributed by atoms with van der Waals surface area (Å²) in [6, 6.07) is 5.59. The van der Waals surface area contributed by atoms with Gasteiger partial charge in [-0.3, -0.25) is 0 Å². The number of fused-ring (bicyclic) bond motifs is 15. The molecule has 0 aromatic carbocycles. The van der Waals surface area contributed by atoms with Crippen LogP contribution in [0.3, 0.4) is 0 Å². The molecule has 0 unspecified atom stereocenters. The van der Waals surface area contributed by atoms with E-state index >= 15 is 0 Å². The third kappa shape index (κ3) is 7.63. The molecular formula is C69H102O12. The summed E-state index contributed by atoms with van der Waals surface area (Å²) in [4.78, 5) is 0. The van der Waals surface area contributed by atoms with E-state index in [4.69, 9.17) is 13.3 Å². The molecule has 450 valence electrons. The summed E-state index contributed by atoms with van der Waals surface area (Å²) >= 11 is 0. The predicted molar refractivity (Wildman–Crippen MR) is 305 cm³/mol. The van der Waals surface area contributed by atoms with Crippen molar-refractivity contribution in [1.82, 2.24) is 0 Å². The van der Waals surface area contributed by atoms with Gasteiger partial charge in [0.25, 0.3) is 0 Å². The van der Waals surface area contributed by atoms with Gasteiger partial charge in [-0.15, -0.1) is 0 Å². The SMILES string of the molecule is C[C@]12CC[C@H](O)C[C@H]1CC[C@@H]1[C@@H]2CC[C@]2(C)[C@@](O)(c3ccoc3)CC[C@]12O.C[C@]12CC[C@H](O)C[C@H]1CC[C@@H]1[C@@H]2CC[C@]2(C)[C@@](O)(c3ccoc3)CC[C@]12O.C[C@]12CC[C@H](O)C[C@H]1CC[C@@H]1[C@@H]2CC[C@]2(C)[C@@](O)(c3ccoc3)CC[C@]12O. The van der Waals surface area contributed by atoms with Crippen molar-refractivity contribution in [2.75, 3.05) is 0 Å². The van der Waals surface area contributed by atoms with Gasteiger partial charge < -0.3 is 59.2 Å². The van der Waals surface area contributed by atoms with Crippen LogP contribution in [-0.4, -0.2) is 81.1 Å². The Hall–Kier alpha value is -2.52. The van der Waals surface area contributed by atoms with Gasteiger partial charge >= 0.3 is 0 Å². The van der Waals surface area contributed by atoms with Gasteiger partial charge in [0.2, 0.25) is 0 Å². The summed E-state index contributed by atoms with van der Waals surface area (Å²) in [7, 11) is 0. The molecule has 0 amide bonds. The Morgan fingerprint density at radius 1 is 0.321 bits per heavy atom. The van der Waals surface area contributed by atoms with Gasteiger partial charge in [0.05, 0.1) is 72.7 Å². The van der Waals surface area contributed by atoms with Crippen LogP contribution in [0.1, 0.15) is 232 Å². The Kier molecular flexibility index (Phi) is 13.7. The smallest absolute Gasteiger partial charge is 0.101 e.